The maximum atomic E-state index is 12.9. The number of hydrogen-bond donors (Lipinski definition) is 1. The van der Waals surface area contributed by atoms with Gasteiger partial charge in [-0.1, -0.05) is 12.1 Å². The summed E-state index contributed by atoms with van der Waals surface area (Å²) in [5.41, 5.74) is 0.252. The van der Waals surface area contributed by atoms with Crippen LogP contribution in [0.15, 0.2) is 47.1 Å². The number of rotatable bonds is 8. The molecule has 0 unspecified atom stereocenters. The van der Waals surface area contributed by atoms with Crippen LogP contribution in [0.25, 0.3) is 10.4 Å². The molecule has 0 spiro atoms. The molecular weight excluding hydrogens is 639 g/mol. The number of hydrogen-bond acceptors (Lipinski definition) is 9. The number of carbonyl (C=O) groups is 2. The van der Waals surface area contributed by atoms with Gasteiger partial charge in [0.2, 0.25) is 0 Å². The second-order valence-electron chi connectivity index (χ2n) is 10.7. The fourth-order valence-electron chi connectivity index (χ4n) is 4.42. The van der Waals surface area contributed by atoms with E-state index >= 15 is 0 Å². The number of nitrogens with zero attached hydrogens (tertiary/aromatic N) is 2. The van der Waals surface area contributed by atoms with Gasteiger partial charge in [0.1, 0.15) is 11.4 Å². The Balaban J connectivity index is 1.44. The van der Waals surface area contributed by atoms with Crippen molar-refractivity contribution < 1.29 is 37.0 Å². The quantitative estimate of drug-likeness (QED) is 0.252. The molecule has 0 radical (unpaired) electrons. The minimum Gasteiger partial charge on any atom is -0.479 e. The average Bonchev–Trinajstić information content (AvgIpc) is 3.26. The Morgan fingerprint density at radius 3 is 2.45 bits per heavy atom. The van der Waals surface area contributed by atoms with E-state index in [2.05, 4.69) is 26.2 Å². The molecule has 1 aromatic carbocycles. The second-order valence-corrected chi connectivity index (χ2v) is 12.5. The molecule has 42 heavy (non-hydrogen) atoms. The first-order valence-corrected chi connectivity index (χ1v) is 14.8. The average molecular weight is 671 g/mol. The first-order chi connectivity index (χ1) is 19.7. The van der Waals surface area contributed by atoms with Gasteiger partial charge in [-0.2, -0.15) is 13.2 Å². The first-order valence-electron chi connectivity index (χ1n) is 13.2. The maximum Gasteiger partial charge on any atom is 0.417 e. The summed E-state index contributed by atoms with van der Waals surface area (Å²) in [7, 11) is 1.27. The lowest BCUT2D eigenvalue weighted by Gasteiger charge is -2.33. The van der Waals surface area contributed by atoms with Crippen molar-refractivity contribution in [3.05, 3.63) is 57.5 Å². The van der Waals surface area contributed by atoms with E-state index in [1.807, 2.05) is 29.2 Å². The minimum atomic E-state index is -4.41. The van der Waals surface area contributed by atoms with Crippen LogP contribution in [0, 0.1) is 0 Å². The van der Waals surface area contributed by atoms with E-state index < -0.39 is 29.3 Å². The minimum absolute atomic E-state index is 0.149. The summed E-state index contributed by atoms with van der Waals surface area (Å²) < 4.78 is 55.1. The van der Waals surface area contributed by atoms with Crippen molar-refractivity contribution in [1.29, 1.82) is 0 Å². The van der Waals surface area contributed by atoms with Crippen molar-refractivity contribution >= 4 is 50.7 Å². The highest BCUT2D eigenvalue weighted by atomic mass is 79.9. The summed E-state index contributed by atoms with van der Waals surface area (Å²) in [6.45, 7) is 6.18. The third-order valence-corrected chi connectivity index (χ3v) is 8.54. The molecule has 1 fully saturated rings. The third kappa shape index (κ3) is 7.94. The van der Waals surface area contributed by atoms with Crippen LogP contribution in [0.1, 0.15) is 48.8 Å². The van der Waals surface area contributed by atoms with E-state index in [9.17, 15) is 22.8 Å². The number of nitrogens with one attached hydrogen (secondary N) is 1. The number of aromatic nitrogens is 1. The topological polar surface area (TPSA) is 90.0 Å². The zero-order chi connectivity index (χ0) is 30.7. The highest BCUT2D eigenvalue weighted by molar-refractivity contribution is 9.10. The molecule has 13 heteroatoms. The molecule has 3 aromatic rings. The smallest absolute Gasteiger partial charge is 0.417 e. The van der Waals surface area contributed by atoms with Crippen LogP contribution in [-0.4, -0.2) is 55.4 Å². The van der Waals surface area contributed by atoms with Gasteiger partial charge in [-0.05, 0) is 79.4 Å². The molecule has 8 nitrogen and oxygen atoms in total. The predicted molar refractivity (Wildman–Crippen MR) is 158 cm³/mol. The fraction of sp³-hybridized carbons (Fsp3) is 0.414. The molecule has 4 rings (SSSR count). The van der Waals surface area contributed by atoms with E-state index in [-0.39, 0.29) is 23.3 Å². The number of pyridine rings is 1. The summed E-state index contributed by atoms with van der Waals surface area (Å²) in [5.74, 6) is -0.425. The van der Waals surface area contributed by atoms with Crippen molar-refractivity contribution in [3.63, 3.8) is 0 Å². The van der Waals surface area contributed by atoms with Crippen molar-refractivity contribution in [2.45, 2.75) is 51.4 Å². The zero-order valence-corrected chi connectivity index (χ0v) is 25.9. The molecule has 0 saturated carbocycles. The number of methoxy groups -OCH3 is 1. The van der Waals surface area contributed by atoms with E-state index in [1.165, 1.54) is 24.5 Å². The Kier molecular flexibility index (Phi) is 9.71. The Morgan fingerprint density at radius 2 is 1.86 bits per heavy atom. The summed E-state index contributed by atoms with van der Waals surface area (Å²) in [4.78, 5) is 31.7. The lowest BCUT2D eigenvalue weighted by molar-refractivity contribution is -0.157. The Bertz CT molecular complexity index is 1420. The number of alkyl halides is 3. The lowest BCUT2D eigenvalue weighted by atomic mass is 10.0. The molecule has 2 aromatic heterocycles. The SMILES string of the molecule is COC(=O)c1sc(-c2cccc(NC3CCN(c4ccc(C(F)(F)F)cn4)CC3)c2)c(Br)c1OCC(=O)OC(C)(C)C. The van der Waals surface area contributed by atoms with Crippen LogP contribution in [0.5, 0.6) is 5.75 Å². The fourth-order valence-corrected chi connectivity index (χ4v) is 6.39. The number of anilines is 2. The lowest BCUT2D eigenvalue weighted by Crippen LogP contribution is -2.39. The predicted octanol–water partition coefficient (Wildman–Crippen LogP) is 7.18. The largest absolute Gasteiger partial charge is 0.479 e. The van der Waals surface area contributed by atoms with E-state index in [4.69, 9.17) is 14.2 Å². The van der Waals surface area contributed by atoms with Gasteiger partial charge in [-0.25, -0.2) is 14.6 Å². The van der Waals surface area contributed by atoms with Crippen LogP contribution < -0.4 is 15.0 Å². The maximum absolute atomic E-state index is 12.9. The second kappa shape index (κ2) is 12.9. The molecule has 0 atom stereocenters. The number of esters is 2. The van der Waals surface area contributed by atoms with Crippen LogP contribution in [0.2, 0.25) is 0 Å². The van der Waals surface area contributed by atoms with Gasteiger partial charge in [-0.15, -0.1) is 11.3 Å². The van der Waals surface area contributed by atoms with Crippen LogP contribution >= 0.6 is 27.3 Å². The van der Waals surface area contributed by atoms with Gasteiger partial charge in [-0.3, -0.25) is 0 Å². The molecule has 0 aliphatic carbocycles. The normalized spacial score (nSPS) is 14.4. The molecule has 3 heterocycles. The number of halogens is 4. The van der Waals surface area contributed by atoms with Gasteiger partial charge < -0.3 is 24.4 Å². The summed E-state index contributed by atoms with van der Waals surface area (Å²) in [5, 5.41) is 3.54. The molecule has 0 bridgehead atoms. The molecule has 1 saturated heterocycles. The highest BCUT2D eigenvalue weighted by Gasteiger charge is 2.31. The summed E-state index contributed by atoms with van der Waals surface area (Å²) >= 11 is 4.73. The van der Waals surface area contributed by atoms with Crippen molar-refractivity contribution in [2.75, 3.05) is 37.0 Å². The van der Waals surface area contributed by atoms with E-state index in [1.54, 1.807) is 20.8 Å². The van der Waals surface area contributed by atoms with Crippen molar-refractivity contribution in [3.8, 4) is 16.2 Å². The number of carbonyl (C=O) groups excluding carboxylic acids is 2. The highest BCUT2D eigenvalue weighted by Crippen LogP contribution is 2.46. The Labute approximate surface area is 254 Å². The Hall–Kier alpha value is -3.32. The van der Waals surface area contributed by atoms with E-state index in [0.29, 0.717) is 23.4 Å². The number of benzene rings is 1. The third-order valence-electron chi connectivity index (χ3n) is 6.32. The zero-order valence-electron chi connectivity index (χ0n) is 23.5. The van der Waals surface area contributed by atoms with Gasteiger partial charge >= 0.3 is 18.1 Å². The molecule has 1 aliphatic heterocycles. The standard InChI is InChI=1S/C29H31BrF3N3O5S/c1-28(2,3)41-22(37)16-40-24-23(30)25(42-26(24)27(38)39-4)17-6-5-7-20(14-17)35-19-10-12-36(13-11-19)21-9-8-18(15-34-21)29(31,32)33/h5-9,14-15,19,35H,10-13,16H2,1-4H3. The van der Waals surface area contributed by atoms with Crippen LogP contribution in [0.4, 0.5) is 24.7 Å². The molecule has 0 amide bonds. The van der Waals surface area contributed by atoms with Gasteiger partial charge in [0.25, 0.3) is 0 Å². The van der Waals surface area contributed by atoms with Crippen LogP contribution in [-0.2, 0) is 20.4 Å². The van der Waals surface area contributed by atoms with Crippen molar-refractivity contribution in [2.24, 2.45) is 0 Å². The van der Waals surface area contributed by atoms with Gasteiger partial charge in [0, 0.05) is 31.0 Å². The first kappa shape index (κ1) is 31.6. The molecule has 226 valence electrons. The van der Waals surface area contributed by atoms with Crippen LogP contribution in [0.3, 0.4) is 0 Å². The summed E-state index contributed by atoms with van der Waals surface area (Å²) in [6.07, 6.45) is -2.01. The molecule has 1 N–H and O–H groups in total. The van der Waals surface area contributed by atoms with Crippen molar-refractivity contribution in [1.82, 2.24) is 4.98 Å². The number of thiophene rings is 1. The van der Waals surface area contributed by atoms with Gasteiger partial charge in [0.05, 0.1) is 22.0 Å². The molecule has 1 aliphatic rings. The van der Waals surface area contributed by atoms with E-state index in [0.717, 1.165) is 41.2 Å². The number of ether oxygens (including phenoxy) is 3. The summed E-state index contributed by atoms with van der Waals surface area (Å²) in [6, 6.07) is 10.3. The van der Waals surface area contributed by atoms with Gasteiger partial charge in [0.15, 0.2) is 17.2 Å². The number of piperidine rings is 1. The Morgan fingerprint density at radius 1 is 1.14 bits per heavy atom. The molecular formula is C29H31BrF3N3O5S. The monoisotopic (exact) mass is 669 g/mol.